The van der Waals surface area contributed by atoms with E-state index in [9.17, 15) is 18.5 Å². The molecular formula is C13H22ClN3O4S. The molecule has 22 heavy (non-hydrogen) atoms. The van der Waals surface area contributed by atoms with Crippen molar-refractivity contribution >= 4 is 28.1 Å². The van der Waals surface area contributed by atoms with Crippen LogP contribution in [0.4, 0.5) is 5.69 Å². The van der Waals surface area contributed by atoms with E-state index in [1.54, 1.807) is 0 Å². The number of non-ortho nitro benzene ring substituents is 1. The maximum atomic E-state index is 12.1. The summed E-state index contributed by atoms with van der Waals surface area (Å²) in [6.07, 6.45) is 0.663. The van der Waals surface area contributed by atoms with Crippen LogP contribution < -0.4 is 10.5 Å². The van der Waals surface area contributed by atoms with Crippen LogP contribution in [0.5, 0.6) is 0 Å². The van der Waals surface area contributed by atoms with Gasteiger partial charge < -0.3 is 5.73 Å². The zero-order valence-electron chi connectivity index (χ0n) is 12.6. The minimum Gasteiger partial charge on any atom is -0.329 e. The van der Waals surface area contributed by atoms with Crippen LogP contribution in [0.2, 0.25) is 0 Å². The van der Waals surface area contributed by atoms with Crippen molar-refractivity contribution in [3.05, 3.63) is 39.9 Å². The Morgan fingerprint density at radius 3 is 2.23 bits per heavy atom. The van der Waals surface area contributed by atoms with Crippen molar-refractivity contribution in [3.63, 3.8) is 0 Å². The van der Waals surface area contributed by atoms with Crippen LogP contribution in [-0.2, 0) is 15.8 Å². The molecule has 1 unspecified atom stereocenters. The van der Waals surface area contributed by atoms with Crippen molar-refractivity contribution in [2.24, 2.45) is 11.7 Å². The first-order valence-corrected chi connectivity index (χ1v) is 8.32. The van der Waals surface area contributed by atoms with Crippen LogP contribution in [0.1, 0.15) is 25.8 Å². The van der Waals surface area contributed by atoms with Crippen LogP contribution in [0.25, 0.3) is 0 Å². The van der Waals surface area contributed by atoms with Crippen LogP contribution in [0.15, 0.2) is 24.3 Å². The Morgan fingerprint density at radius 1 is 1.27 bits per heavy atom. The van der Waals surface area contributed by atoms with Crippen molar-refractivity contribution in [1.29, 1.82) is 0 Å². The fourth-order valence-electron chi connectivity index (χ4n) is 1.99. The van der Waals surface area contributed by atoms with Gasteiger partial charge in [-0.1, -0.05) is 26.0 Å². The number of halogens is 1. The molecule has 0 aliphatic rings. The van der Waals surface area contributed by atoms with Gasteiger partial charge in [-0.25, -0.2) is 13.1 Å². The first-order chi connectivity index (χ1) is 9.73. The molecule has 1 atom stereocenters. The second-order valence-corrected chi connectivity index (χ2v) is 7.12. The summed E-state index contributed by atoms with van der Waals surface area (Å²) < 4.78 is 26.7. The van der Waals surface area contributed by atoms with Crippen molar-refractivity contribution < 1.29 is 13.3 Å². The van der Waals surface area contributed by atoms with Gasteiger partial charge >= 0.3 is 0 Å². The molecule has 0 saturated heterocycles. The van der Waals surface area contributed by atoms with Gasteiger partial charge in [0, 0.05) is 24.7 Å². The summed E-state index contributed by atoms with van der Waals surface area (Å²) in [5.74, 6) is 0.111. The van der Waals surface area contributed by atoms with E-state index in [2.05, 4.69) is 4.72 Å². The molecule has 1 rings (SSSR count). The van der Waals surface area contributed by atoms with E-state index >= 15 is 0 Å². The van der Waals surface area contributed by atoms with Crippen molar-refractivity contribution in [2.45, 2.75) is 32.1 Å². The quantitative estimate of drug-likeness (QED) is 0.547. The lowest BCUT2D eigenvalue weighted by molar-refractivity contribution is -0.384. The van der Waals surface area contributed by atoms with Gasteiger partial charge in [-0.3, -0.25) is 10.1 Å². The molecule has 0 radical (unpaired) electrons. The lowest BCUT2D eigenvalue weighted by Gasteiger charge is -2.18. The molecule has 0 heterocycles. The second kappa shape index (κ2) is 9.04. The van der Waals surface area contributed by atoms with E-state index in [0.29, 0.717) is 17.9 Å². The van der Waals surface area contributed by atoms with E-state index < -0.39 is 14.9 Å². The summed E-state index contributed by atoms with van der Waals surface area (Å²) in [7, 11) is -3.52. The maximum Gasteiger partial charge on any atom is 0.269 e. The summed E-state index contributed by atoms with van der Waals surface area (Å²) in [5.41, 5.74) is 6.00. The third kappa shape index (κ3) is 7.17. The predicted octanol–water partition coefficient (Wildman–Crippen LogP) is 1.81. The summed E-state index contributed by atoms with van der Waals surface area (Å²) in [4.78, 5) is 10.0. The number of nitrogens with zero attached hydrogens (tertiary/aromatic N) is 1. The number of nitro groups is 1. The normalized spacial score (nSPS) is 12.7. The molecule has 0 aliphatic heterocycles. The van der Waals surface area contributed by atoms with E-state index in [1.807, 2.05) is 13.8 Å². The Balaban J connectivity index is 0.00000441. The highest BCUT2D eigenvalue weighted by Crippen LogP contribution is 2.14. The van der Waals surface area contributed by atoms with Gasteiger partial charge in [-0.15, -0.1) is 12.4 Å². The lowest BCUT2D eigenvalue weighted by atomic mass is 10.1. The van der Waals surface area contributed by atoms with Crippen molar-refractivity contribution in [3.8, 4) is 0 Å². The van der Waals surface area contributed by atoms with Gasteiger partial charge in [0.2, 0.25) is 10.0 Å². The number of rotatable bonds is 8. The average Bonchev–Trinajstić information content (AvgIpc) is 2.37. The number of hydrogen-bond acceptors (Lipinski definition) is 5. The Bertz CT molecular complexity index is 575. The third-order valence-electron chi connectivity index (χ3n) is 2.89. The zero-order chi connectivity index (χ0) is 16.0. The smallest absolute Gasteiger partial charge is 0.269 e. The fraction of sp³-hybridized carbons (Fsp3) is 0.538. The minimum absolute atomic E-state index is 0. The molecule has 7 nitrogen and oxygen atoms in total. The van der Waals surface area contributed by atoms with Crippen molar-refractivity contribution in [1.82, 2.24) is 4.72 Å². The molecule has 0 aromatic heterocycles. The molecular weight excluding hydrogens is 330 g/mol. The summed E-state index contributed by atoms with van der Waals surface area (Å²) in [6, 6.07) is 5.17. The number of nitrogens with two attached hydrogens (primary N) is 1. The number of sulfonamides is 1. The van der Waals surface area contributed by atoms with Gasteiger partial charge in [0.1, 0.15) is 0 Å². The molecule has 1 aromatic carbocycles. The van der Waals surface area contributed by atoms with Crippen LogP contribution in [-0.4, -0.2) is 25.9 Å². The molecule has 9 heteroatoms. The molecule has 0 fully saturated rings. The molecule has 3 N–H and O–H groups in total. The topological polar surface area (TPSA) is 115 Å². The Labute approximate surface area is 136 Å². The Morgan fingerprint density at radius 2 is 1.82 bits per heavy atom. The first-order valence-electron chi connectivity index (χ1n) is 6.67. The number of nitro benzene ring substituents is 1. The predicted molar refractivity (Wildman–Crippen MR) is 88.4 cm³/mol. The van der Waals surface area contributed by atoms with Crippen LogP contribution in [0.3, 0.4) is 0 Å². The summed E-state index contributed by atoms with van der Waals surface area (Å²) in [6.45, 7) is 4.22. The second-order valence-electron chi connectivity index (χ2n) is 5.36. The molecule has 0 spiro atoms. The van der Waals surface area contributed by atoms with E-state index in [-0.39, 0.29) is 36.4 Å². The van der Waals surface area contributed by atoms with Gasteiger partial charge in [-0.05, 0) is 17.9 Å². The standard InChI is InChI=1S/C13H21N3O4S.ClH/c1-10(2)7-12(8-14)15-21(19,20)9-11-3-5-13(6-4-11)16(17)18;/h3-6,10,12,15H,7-9,14H2,1-2H3;1H. The highest BCUT2D eigenvalue weighted by molar-refractivity contribution is 7.88. The van der Waals surface area contributed by atoms with Gasteiger partial charge in [0.25, 0.3) is 5.69 Å². The molecule has 0 bridgehead atoms. The SMILES string of the molecule is CC(C)CC(CN)NS(=O)(=O)Cc1ccc([N+](=O)[O-])cc1.Cl. The zero-order valence-corrected chi connectivity index (χ0v) is 14.2. The van der Waals surface area contributed by atoms with Gasteiger partial charge in [-0.2, -0.15) is 0 Å². The largest absolute Gasteiger partial charge is 0.329 e. The number of hydrogen-bond donors (Lipinski definition) is 2. The van der Waals surface area contributed by atoms with E-state index in [0.717, 1.165) is 0 Å². The number of benzene rings is 1. The van der Waals surface area contributed by atoms with Gasteiger partial charge in [0.05, 0.1) is 10.7 Å². The monoisotopic (exact) mass is 351 g/mol. The molecule has 0 aliphatic carbocycles. The van der Waals surface area contributed by atoms with Crippen LogP contribution in [0, 0.1) is 16.0 Å². The molecule has 0 amide bonds. The molecule has 1 aromatic rings. The fourth-order valence-corrected chi connectivity index (χ4v) is 3.41. The minimum atomic E-state index is -3.52. The molecule has 126 valence electrons. The third-order valence-corrected chi connectivity index (χ3v) is 4.30. The Kier molecular flexibility index (Phi) is 8.54. The van der Waals surface area contributed by atoms with Crippen LogP contribution >= 0.6 is 12.4 Å². The highest BCUT2D eigenvalue weighted by Gasteiger charge is 2.18. The molecule has 0 saturated carbocycles. The maximum absolute atomic E-state index is 12.1. The summed E-state index contributed by atoms with van der Waals surface area (Å²) >= 11 is 0. The van der Waals surface area contributed by atoms with E-state index in [1.165, 1.54) is 24.3 Å². The number of nitrogens with one attached hydrogen (secondary N) is 1. The summed E-state index contributed by atoms with van der Waals surface area (Å²) in [5, 5.41) is 10.5. The van der Waals surface area contributed by atoms with Crippen molar-refractivity contribution in [2.75, 3.05) is 6.54 Å². The highest BCUT2D eigenvalue weighted by atomic mass is 35.5. The van der Waals surface area contributed by atoms with E-state index in [4.69, 9.17) is 5.73 Å². The Hall–Kier alpha value is -1.22. The lowest BCUT2D eigenvalue weighted by Crippen LogP contribution is -2.41. The average molecular weight is 352 g/mol. The first kappa shape index (κ1) is 20.8. The van der Waals surface area contributed by atoms with Gasteiger partial charge in [0.15, 0.2) is 0 Å².